The van der Waals surface area contributed by atoms with Gasteiger partial charge in [-0.3, -0.25) is 9.59 Å². The average molecular weight is 314 g/mol. The largest absolute Gasteiger partial charge is 0.353 e. The number of hydrogen-bond donors (Lipinski definition) is 1. The third-order valence-corrected chi connectivity index (χ3v) is 4.56. The summed E-state index contributed by atoms with van der Waals surface area (Å²) in [6, 6.07) is 7.38. The average Bonchev–Trinajstić information content (AvgIpc) is 2.57. The monoisotopic (exact) mass is 314 g/mol. The molecule has 0 saturated heterocycles. The Morgan fingerprint density at radius 3 is 2.78 bits per heavy atom. The molecule has 1 aliphatic carbocycles. The fourth-order valence-electron chi connectivity index (χ4n) is 3.08. The van der Waals surface area contributed by atoms with Gasteiger partial charge in [0.15, 0.2) is 0 Å². The Morgan fingerprint density at radius 1 is 1.26 bits per heavy atom. The summed E-state index contributed by atoms with van der Waals surface area (Å²) in [4.78, 5) is 24.4. The summed E-state index contributed by atoms with van der Waals surface area (Å²) in [6.45, 7) is 2.51. The molecule has 1 heterocycles. The van der Waals surface area contributed by atoms with E-state index in [4.69, 9.17) is 0 Å². The Bertz CT molecular complexity index is 748. The number of aryl methyl sites for hydroxylation is 1. The van der Waals surface area contributed by atoms with Crippen LogP contribution >= 0.6 is 0 Å². The maximum Gasteiger partial charge on any atom is 0.277 e. The van der Waals surface area contributed by atoms with E-state index in [0.29, 0.717) is 10.9 Å². The number of carbonyl (C=O) groups is 1. The van der Waals surface area contributed by atoms with Crippen LogP contribution in [-0.2, 0) is 11.3 Å². The van der Waals surface area contributed by atoms with Crippen molar-refractivity contribution in [2.75, 3.05) is 0 Å². The van der Waals surface area contributed by atoms with Crippen LogP contribution in [-0.4, -0.2) is 26.9 Å². The predicted molar refractivity (Wildman–Crippen MR) is 88.0 cm³/mol. The number of aromatic nitrogens is 3. The van der Waals surface area contributed by atoms with Gasteiger partial charge in [0, 0.05) is 12.5 Å². The molecule has 6 nitrogen and oxygen atoms in total. The van der Waals surface area contributed by atoms with E-state index < -0.39 is 0 Å². The van der Waals surface area contributed by atoms with Gasteiger partial charge in [-0.1, -0.05) is 24.3 Å². The lowest BCUT2D eigenvalue weighted by molar-refractivity contribution is -0.122. The normalized spacial score (nSPS) is 21.3. The van der Waals surface area contributed by atoms with E-state index in [9.17, 15) is 9.59 Å². The molecular weight excluding hydrogens is 292 g/mol. The lowest BCUT2D eigenvalue weighted by Gasteiger charge is -2.26. The van der Waals surface area contributed by atoms with Crippen molar-refractivity contribution in [3.63, 3.8) is 0 Å². The predicted octanol–water partition coefficient (Wildman–Crippen LogP) is 1.88. The number of amides is 1. The molecule has 1 fully saturated rings. The maximum absolute atomic E-state index is 12.3. The summed E-state index contributed by atoms with van der Waals surface area (Å²) in [5, 5.41) is 11.5. The SMILES string of the molecule is CC1CCC(NC(=O)CCn2nnc3ccccc3c2=O)CC1. The van der Waals surface area contributed by atoms with Gasteiger partial charge in [-0.2, -0.15) is 0 Å². The molecule has 0 bridgehead atoms. The first-order valence-corrected chi connectivity index (χ1v) is 8.25. The molecule has 1 aliphatic rings. The van der Waals surface area contributed by atoms with Crippen LogP contribution < -0.4 is 10.9 Å². The molecule has 0 aliphatic heterocycles. The summed E-state index contributed by atoms with van der Waals surface area (Å²) in [7, 11) is 0. The number of benzene rings is 1. The molecule has 1 saturated carbocycles. The third kappa shape index (κ3) is 3.75. The van der Waals surface area contributed by atoms with Crippen LogP contribution in [0.25, 0.3) is 10.9 Å². The first-order valence-electron chi connectivity index (χ1n) is 8.25. The summed E-state index contributed by atoms with van der Waals surface area (Å²) in [5.74, 6) is 0.737. The zero-order valence-corrected chi connectivity index (χ0v) is 13.4. The van der Waals surface area contributed by atoms with Gasteiger partial charge < -0.3 is 5.32 Å². The Kier molecular flexibility index (Phi) is 4.69. The van der Waals surface area contributed by atoms with Crippen molar-refractivity contribution in [2.24, 2.45) is 5.92 Å². The van der Waals surface area contributed by atoms with Gasteiger partial charge in [-0.25, -0.2) is 4.68 Å². The van der Waals surface area contributed by atoms with Crippen LogP contribution in [0.5, 0.6) is 0 Å². The highest BCUT2D eigenvalue weighted by molar-refractivity contribution is 5.77. The second-order valence-electron chi connectivity index (χ2n) is 6.41. The minimum atomic E-state index is -0.199. The fraction of sp³-hybridized carbons (Fsp3) is 0.529. The molecule has 1 N–H and O–H groups in total. The standard InChI is InChI=1S/C17H22N4O2/c1-12-6-8-13(9-7-12)18-16(22)10-11-21-17(23)14-4-2-3-5-15(14)19-20-21/h2-5,12-13H,6-11H2,1H3,(H,18,22). The molecular formula is C17H22N4O2. The Balaban J connectivity index is 1.59. The van der Waals surface area contributed by atoms with Crippen LogP contribution in [0.1, 0.15) is 39.0 Å². The smallest absolute Gasteiger partial charge is 0.277 e. The Hall–Kier alpha value is -2.24. The van der Waals surface area contributed by atoms with E-state index in [1.807, 2.05) is 6.07 Å². The van der Waals surface area contributed by atoms with E-state index in [1.54, 1.807) is 18.2 Å². The molecule has 0 spiro atoms. The molecule has 0 radical (unpaired) electrons. The highest BCUT2D eigenvalue weighted by Gasteiger charge is 2.19. The zero-order chi connectivity index (χ0) is 16.2. The van der Waals surface area contributed by atoms with Gasteiger partial charge in [0.1, 0.15) is 5.52 Å². The zero-order valence-electron chi connectivity index (χ0n) is 13.4. The summed E-state index contributed by atoms with van der Waals surface area (Å²) in [5.41, 5.74) is 0.379. The molecule has 1 aromatic carbocycles. The van der Waals surface area contributed by atoms with Crippen LogP contribution in [0.15, 0.2) is 29.1 Å². The van der Waals surface area contributed by atoms with Gasteiger partial charge in [0.05, 0.1) is 11.9 Å². The topological polar surface area (TPSA) is 76.9 Å². The third-order valence-electron chi connectivity index (χ3n) is 4.56. The second-order valence-corrected chi connectivity index (χ2v) is 6.41. The first-order chi connectivity index (χ1) is 11.1. The van der Waals surface area contributed by atoms with Crippen molar-refractivity contribution >= 4 is 16.8 Å². The van der Waals surface area contributed by atoms with E-state index in [0.717, 1.165) is 18.8 Å². The second kappa shape index (κ2) is 6.89. The molecule has 122 valence electrons. The summed E-state index contributed by atoms with van der Waals surface area (Å²) >= 11 is 0. The molecule has 6 heteroatoms. The highest BCUT2D eigenvalue weighted by Crippen LogP contribution is 2.23. The quantitative estimate of drug-likeness (QED) is 0.934. The number of nitrogens with zero attached hydrogens (tertiary/aromatic N) is 3. The minimum Gasteiger partial charge on any atom is -0.353 e. The lowest BCUT2D eigenvalue weighted by atomic mass is 9.87. The lowest BCUT2D eigenvalue weighted by Crippen LogP contribution is -2.38. The maximum atomic E-state index is 12.3. The van der Waals surface area contributed by atoms with E-state index in [1.165, 1.54) is 17.5 Å². The number of fused-ring (bicyclic) bond motifs is 1. The van der Waals surface area contributed by atoms with Crippen LogP contribution in [0.4, 0.5) is 0 Å². The van der Waals surface area contributed by atoms with E-state index >= 15 is 0 Å². The molecule has 0 atom stereocenters. The number of nitrogens with one attached hydrogen (secondary N) is 1. The van der Waals surface area contributed by atoms with Gasteiger partial charge in [-0.05, 0) is 43.7 Å². The number of hydrogen-bond acceptors (Lipinski definition) is 4. The van der Waals surface area contributed by atoms with E-state index in [-0.39, 0.29) is 30.5 Å². The molecule has 1 aromatic heterocycles. The summed E-state index contributed by atoms with van der Waals surface area (Å²) < 4.78 is 1.27. The van der Waals surface area contributed by atoms with Crippen molar-refractivity contribution in [1.29, 1.82) is 0 Å². The van der Waals surface area contributed by atoms with Crippen molar-refractivity contribution in [3.05, 3.63) is 34.6 Å². The summed E-state index contributed by atoms with van der Waals surface area (Å²) in [6.07, 6.45) is 4.67. The Labute approximate surface area is 134 Å². The fourth-order valence-corrected chi connectivity index (χ4v) is 3.08. The van der Waals surface area contributed by atoms with Crippen LogP contribution in [0.2, 0.25) is 0 Å². The van der Waals surface area contributed by atoms with Crippen molar-refractivity contribution < 1.29 is 4.79 Å². The first kappa shape index (κ1) is 15.6. The molecule has 1 amide bonds. The van der Waals surface area contributed by atoms with Crippen LogP contribution in [0, 0.1) is 5.92 Å². The minimum absolute atomic E-state index is 0.0218. The van der Waals surface area contributed by atoms with Gasteiger partial charge in [0.2, 0.25) is 5.91 Å². The number of rotatable bonds is 4. The highest BCUT2D eigenvalue weighted by atomic mass is 16.2. The van der Waals surface area contributed by atoms with Gasteiger partial charge in [-0.15, -0.1) is 5.10 Å². The van der Waals surface area contributed by atoms with Gasteiger partial charge >= 0.3 is 0 Å². The molecule has 3 rings (SSSR count). The van der Waals surface area contributed by atoms with E-state index in [2.05, 4.69) is 22.6 Å². The van der Waals surface area contributed by atoms with Crippen LogP contribution in [0.3, 0.4) is 0 Å². The van der Waals surface area contributed by atoms with Crippen molar-refractivity contribution in [3.8, 4) is 0 Å². The molecule has 23 heavy (non-hydrogen) atoms. The Morgan fingerprint density at radius 2 is 2.00 bits per heavy atom. The molecule has 0 unspecified atom stereocenters. The van der Waals surface area contributed by atoms with Gasteiger partial charge in [0.25, 0.3) is 5.56 Å². The number of carbonyl (C=O) groups excluding carboxylic acids is 1. The molecule has 2 aromatic rings. The van der Waals surface area contributed by atoms with Crippen molar-refractivity contribution in [1.82, 2.24) is 20.3 Å². The van der Waals surface area contributed by atoms with Crippen molar-refractivity contribution in [2.45, 2.75) is 51.6 Å².